The summed E-state index contributed by atoms with van der Waals surface area (Å²) in [6, 6.07) is 10.2. The predicted octanol–water partition coefficient (Wildman–Crippen LogP) is 2.16. The molecule has 0 bridgehead atoms. The number of fused-ring (bicyclic) bond motifs is 1. The van der Waals surface area contributed by atoms with Gasteiger partial charge in [-0.05, 0) is 37.5 Å². The molecule has 1 aliphatic heterocycles. The predicted molar refractivity (Wildman–Crippen MR) is 92.2 cm³/mol. The second-order valence-corrected chi connectivity index (χ2v) is 8.66. The third kappa shape index (κ3) is 2.70. The van der Waals surface area contributed by atoms with Crippen molar-refractivity contribution < 1.29 is 8.42 Å². The van der Waals surface area contributed by atoms with Crippen LogP contribution in [0.15, 0.2) is 30.3 Å². The third-order valence-corrected chi connectivity index (χ3v) is 7.18. The molecular weight excluding hydrogens is 310 g/mol. The third-order valence-electron chi connectivity index (χ3n) is 4.78. The lowest BCUT2D eigenvalue weighted by molar-refractivity contribution is 0.383. The molecule has 23 heavy (non-hydrogen) atoms. The van der Waals surface area contributed by atoms with Crippen LogP contribution in [0.5, 0.6) is 0 Å². The van der Waals surface area contributed by atoms with Crippen LogP contribution in [0, 0.1) is 6.92 Å². The molecule has 0 N–H and O–H groups in total. The van der Waals surface area contributed by atoms with Gasteiger partial charge in [-0.2, -0.15) is 4.31 Å². The average molecular weight is 331 g/mol. The number of anilines is 1. The number of aryl methyl sites for hydroxylation is 1. The van der Waals surface area contributed by atoms with E-state index in [-0.39, 0.29) is 5.25 Å². The summed E-state index contributed by atoms with van der Waals surface area (Å²) in [7, 11) is -3.05. The van der Waals surface area contributed by atoms with Gasteiger partial charge in [0.05, 0.1) is 10.8 Å². The number of nitrogens with zero attached hydrogens (tertiary/aromatic N) is 3. The van der Waals surface area contributed by atoms with Crippen molar-refractivity contribution in [2.24, 2.45) is 0 Å². The minimum Gasteiger partial charge on any atom is -0.354 e. The zero-order valence-electron chi connectivity index (χ0n) is 13.3. The van der Waals surface area contributed by atoms with E-state index in [4.69, 9.17) is 4.98 Å². The Bertz CT molecular complexity index is 838. The molecule has 1 saturated carbocycles. The Labute approximate surface area is 137 Å². The van der Waals surface area contributed by atoms with E-state index in [1.807, 2.05) is 18.2 Å². The fourth-order valence-corrected chi connectivity index (χ4v) is 5.07. The molecule has 2 aliphatic rings. The average Bonchev–Trinajstić information content (AvgIpc) is 3.40. The van der Waals surface area contributed by atoms with E-state index in [1.54, 1.807) is 4.31 Å². The summed E-state index contributed by atoms with van der Waals surface area (Å²) in [5, 5.41) is 1.06. The van der Waals surface area contributed by atoms with Gasteiger partial charge in [0.1, 0.15) is 5.82 Å². The lowest BCUT2D eigenvalue weighted by atomic mass is 10.1. The Morgan fingerprint density at radius 1 is 1.09 bits per heavy atom. The summed E-state index contributed by atoms with van der Waals surface area (Å²) in [6.07, 6.45) is 1.65. The molecule has 0 amide bonds. The molecule has 5 nitrogen and oxygen atoms in total. The maximum Gasteiger partial charge on any atom is 0.217 e. The van der Waals surface area contributed by atoms with Crippen LogP contribution in [0.25, 0.3) is 10.9 Å². The molecule has 2 aromatic rings. The molecule has 0 radical (unpaired) electrons. The van der Waals surface area contributed by atoms with Gasteiger partial charge in [0.2, 0.25) is 10.0 Å². The summed E-state index contributed by atoms with van der Waals surface area (Å²) >= 11 is 0. The molecule has 1 aromatic heterocycles. The first-order valence-electron chi connectivity index (χ1n) is 8.16. The maximum absolute atomic E-state index is 12.3. The largest absolute Gasteiger partial charge is 0.354 e. The van der Waals surface area contributed by atoms with Crippen LogP contribution < -0.4 is 4.90 Å². The van der Waals surface area contributed by atoms with Crippen LogP contribution >= 0.6 is 0 Å². The Balaban J connectivity index is 1.54. The molecule has 1 aliphatic carbocycles. The van der Waals surface area contributed by atoms with Crippen molar-refractivity contribution in [3.8, 4) is 0 Å². The zero-order chi connectivity index (χ0) is 16.0. The summed E-state index contributed by atoms with van der Waals surface area (Å²) in [6.45, 7) is 4.63. The van der Waals surface area contributed by atoms with Crippen molar-refractivity contribution in [2.45, 2.75) is 25.0 Å². The molecule has 0 unspecified atom stereocenters. The topological polar surface area (TPSA) is 53.5 Å². The highest BCUT2D eigenvalue weighted by Gasteiger charge is 2.41. The van der Waals surface area contributed by atoms with Crippen LogP contribution in [-0.4, -0.2) is 49.1 Å². The number of sulfonamides is 1. The highest BCUT2D eigenvalue weighted by Crippen LogP contribution is 2.32. The van der Waals surface area contributed by atoms with Gasteiger partial charge in [0.15, 0.2) is 0 Å². The van der Waals surface area contributed by atoms with Crippen molar-refractivity contribution in [3.05, 3.63) is 35.9 Å². The summed E-state index contributed by atoms with van der Waals surface area (Å²) in [4.78, 5) is 6.95. The highest BCUT2D eigenvalue weighted by atomic mass is 32.2. The van der Waals surface area contributed by atoms with Gasteiger partial charge in [-0.1, -0.05) is 18.2 Å². The standard InChI is InChI=1S/C17H21N3O2S/c1-13-12-17(18-16-5-3-2-4-15(13)16)19-8-10-20(11-9-19)23(21,22)14-6-7-14/h2-5,12,14H,6-11H2,1H3. The smallest absolute Gasteiger partial charge is 0.217 e. The SMILES string of the molecule is Cc1cc(N2CCN(S(=O)(=O)C3CC3)CC2)nc2ccccc12. The fourth-order valence-electron chi connectivity index (χ4n) is 3.24. The van der Waals surface area contributed by atoms with Gasteiger partial charge in [-0.25, -0.2) is 13.4 Å². The monoisotopic (exact) mass is 331 g/mol. The van der Waals surface area contributed by atoms with Crippen LogP contribution in [0.3, 0.4) is 0 Å². The molecule has 2 fully saturated rings. The van der Waals surface area contributed by atoms with E-state index in [9.17, 15) is 8.42 Å². The summed E-state index contributed by atoms with van der Waals surface area (Å²) in [5.74, 6) is 0.949. The van der Waals surface area contributed by atoms with Crippen LogP contribution in [-0.2, 0) is 10.0 Å². The van der Waals surface area contributed by atoms with Crippen molar-refractivity contribution >= 4 is 26.7 Å². The Morgan fingerprint density at radius 2 is 1.78 bits per heavy atom. The van der Waals surface area contributed by atoms with Crippen LogP contribution in [0.2, 0.25) is 0 Å². The lowest BCUT2D eigenvalue weighted by Gasteiger charge is -2.35. The minimum atomic E-state index is -3.05. The van der Waals surface area contributed by atoms with Crippen molar-refractivity contribution in [3.63, 3.8) is 0 Å². The number of para-hydroxylation sites is 1. The molecule has 6 heteroatoms. The maximum atomic E-state index is 12.3. The van der Waals surface area contributed by atoms with Crippen molar-refractivity contribution in [1.29, 1.82) is 0 Å². The van der Waals surface area contributed by atoms with Gasteiger partial charge < -0.3 is 4.90 Å². The second kappa shape index (κ2) is 5.46. The van der Waals surface area contributed by atoms with E-state index in [0.717, 1.165) is 24.2 Å². The Hall–Kier alpha value is -1.66. The highest BCUT2D eigenvalue weighted by molar-refractivity contribution is 7.90. The second-order valence-electron chi connectivity index (χ2n) is 6.44. The summed E-state index contributed by atoms with van der Waals surface area (Å²) in [5.41, 5.74) is 2.20. The van der Waals surface area contributed by atoms with E-state index in [1.165, 1.54) is 10.9 Å². The number of piperazine rings is 1. The molecule has 1 aromatic carbocycles. The zero-order valence-corrected chi connectivity index (χ0v) is 14.1. The van der Waals surface area contributed by atoms with Gasteiger partial charge in [0, 0.05) is 31.6 Å². The normalized spacial score (nSPS) is 20.1. The first-order chi connectivity index (χ1) is 11.1. The van der Waals surface area contributed by atoms with Gasteiger partial charge >= 0.3 is 0 Å². The molecule has 1 saturated heterocycles. The first-order valence-corrected chi connectivity index (χ1v) is 9.66. The van der Waals surface area contributed by atoms with Crippen molar-refractivity contribution in [1.82, 2.24) is 9.29 Å². The van der Waals surface area contributed by atoms with Gasteiger partial charge in [0.25, 0.3) is 0 Å². The number of benzene rings is 1. The Kier molecular flexibility index (Phi) is 3.54. The number of aromatic nitrogens is 1. The molecule has 0 spiro atoms. The van der Waals surface area contributed by atoms with E-state index in [0.29, 0.717) is 26.2 Å². The minimum absolute atomic E-state index is 0.116. The van der Waals surface area contributed by atoms with E-state index < -0.39 is 10.0 Å². The molecule has 4 rings (SSSR count). The fraction of sp³-hybridized carbons (Fsp3) is 0.471. The van der Waals surface area contributed by atoms with E-state index in [2.05, 4.69) is 24.0 Å². The lowest BCUT2D eigenvalue weighted by Crippen LogP contribution is -2.49. The molecular formula is C17H21N3O2S. The first kappa shape index (κ1) is 14.9. The molecule has 0 atom stereocenters. The number of hydrogen-bond acceptors (Lipinski definition) is 4. The number of rotatable bonds is 3. The Morgan fingerprint density at radius 3 is 2.48 bits per heavy atom. The van der Waals surface area contributed by atoms with Crippen LogP contribution in [0.4, 0.5) is 5.82 Å². The number of pyridine rings is 1. The molecule has 2 heterocycles. The van der Waals surface area contributed by atoms with Gasteiger partial charge in [-0.15, -0.1) is 0 Å². The van der Waals surface area contributed by atoms with Gasteiger partial charge in [-0.3, -0.25) is 0 Å². The van der Waals surface area contributed by atoms with Crippen molar-refractivity contribution in [2.75, 3.05) is 31.1 Å². The quantitative estimate of drug-likeness (QED) is 0.865. The molecule has 122 valence electrons. The number of hydrogen-bond donors (Lipinski definition) is 0. The summed E-state index contributed by atoms with van der Waals surface area (Å²) < 4.78 is 26.3. The van der Waals surface area contributed by atoms with Crippen LogP contribution in [0.1, 0.15) is 18.4 Å². The van der Waals surface area contributed by atoms with E-state index >= 15 is 0 Å².